The number of sulfone groups is 1. The third-order valence-corrected chi connectivity index (χ3v) is 5.74. The summed E-state index contributed by atoms with van der Waals surface area (Å²) in [6, 6.07) is 0. The number of ketones is 1. The Morgan fingerprint density at radius 2 is 2.06 bits per heavy atom. The van der Waals surface area contributed by atoms with Gasteiger partial charge in [-0.3, -0.25) is 4.79 Å². The van der Waals surface area contributed by atoms with E-state index < -0.39 is 9.84 Å². The van der Waals surface area contributed by atoms with Crippen LogP contribution in [0.1, 0.15) is 58.8 Å². The van der Waals surface area contributed by atoms with Gasteiger partial charge in [-0.2, -0.15) is 0 Å². The van der Waals surface area contributed by atoms with Crippen molar-refractivity contribution in [3.63, 3.8) is 0 Å². The first kappa shape index (κ1) is 15.7. The van der Waals surface area contributed by atoms with Crippen molar-refractivity contribution in [3.05, 3.63) is 0 Å². The fourth-order valence-corrected chi connectivity index (χ4v) is 4.57. The average molecular weight is 274 g/mol. The van der Waals surface area contributed by atoms with E-state index in [4.69, 9.17) is 0 Å². The fraction of sp³-hybridized carbons (Fsp3) is 0.929. The second-order valence-electron chi connectivity index (χ2n) is 5.63. The Balaban J connectivity index is 2.32. The molecule has 0 spiro atoms. The van der Waals surface area contributed by atoms with Gasteiger partial charge in [-0.1, -0.05) is 39.5 Å². The largest absolute Gasteiger partial charge is 0.300 e. The molecule has 1 rings (SSSR count). The first-order valence-corrected chi connectivity index (χ1v) is 9.01. The average Bonchev–Trinajstić information content (AvgIpc) is 2.63. The van der Waals surface area contributed by atoms with Crippen molar-refractivity contribution in [2.45, 2.75) is 58.8 Å². The molecule has 0 radical (unpaired) electrons. The summed E-state index contributed by atoms with van der Waals surface area (Å²) in [6.07, 6.45) is 6.33. The van der Waals surface area contributed by atoms with E-state index in [1.54, 1.807) is 0 Å². The van der Waals surface area contributed by atoms with Gasteiger partial charge in [-0.05, 0) is 18.3 Å². The third kappa shape index (κ3) is 5.51. The lowest BCUT2D eigenvalue weighted by atomic mass is 9.90. The Hall–Kier alpha value is -0.380. The molecule has 0 N–H and O–H groups in total. The van der Waals surface area contributed by atoms with Gasteiger partial charge in [0.2, 0.25) is 0 Å². The SMILES string of the molecule is CCCCC(CC)CC(=O)CC1CCS(=O)(=O)C1. The van der Waals surface area contributed by atoms with E-state index in [1.165, 1.54) is 12.8 Å². The van der Waals surface area contributed by atoms with Crippen molar-refractivity contribution in [2.75, 3.05) is 11.5 Å². The maximum atomic E-state index is 11.9. The van der Waals surface area contributed by atoms with Gasteiger partial charge in [0.25, 0.3) is 0 Å². The highest BCUT2D eigenvalue weighted by molar-refractivity contribution is 7.91. The summed E-state index contributed by atoms with van der Waals surface area (Å²) in [7, 11) is -2.84. The minimum atomic E-state index is -2.84. The molecule has 0 amide bonds. The Bertz CT molecular complexity index is 359. The highest BCUT2D eigenvalue weighted by Crippen LogP contribution is 2.24. The maximum absolute atomic E-state index is 11.9. The molecule has 4 heteroatoms. The van der Waals surface area contributed by atoms with Gasteiger partial charge in [-0.25, -0.2) is 8.42 Å². The van der Waals surface area contributed by atoms with Crippen LogP contribution in [0.2, 0.25) is 0 Å². The molecule has 0 aromatic rings. The van der Waals surface area contributed by atoms with Crippen molar-refractivity contribution < 1.29 is 13.2 Å². The predicted octanol–water partition coefficient (Wildman–Crippen LogP) is 2.99. The van der Waals surface area contributed by atoms with Crippen molar-refractivity contribution in [2.24, 2.45) is 11.8 Å². The molecule has 0 aliphatic carbocycles. The number of hydrogen-bond acceptors (Lipinski definition) is 3. The molecule has 0 aromatic carbocycles. The Kier molecular flexibility index (Phi) is 6.33. The van der Waals surface area contributed by atoms with Crippen molar-refractivity contribution in [3.8, 4) is 0 Å². The molecule has 2 unspecified atom stereocenters. The monoisotopic (exact) mass is 274 g/mol. The fourth-order valence-electron chi connectivity index (χ4n) is 2.70. The van der Waals surface area contributed by atoms with E-state index in [0.29, 0.717) is 25.2 Å². The molecule has 18 heavy (non-hydrogen) atoms. The number of unbranched alkanes of at least 4 members (excludes halogenated alkanes) is 1. The van der Waals surface area contributed by atoms with Crippen LogP contribution in [0.15, 0.2) is 0 Å². The topological polar surface area (TPSA) is 51.2 Å². The maximum Gasteiger partial charge on any atom is 0.150 e. The quantitative estimate of drug-likeness (QED) is 0.683. The summed E-state index contributed by atoms with van der Waals surface area (Å²) < 4.78 is 22.7. The minimum Gasteiger partial charge on any atom is -0.300 e. The zero-order valence-corrected chi connectivity index (χ0v) is 12.5. The second-order valence-corrected chi connectivity index (χ2v) is 7.86. The molecular formula is C14H26O3S. The Morgan fingerprint density at radius 1 is 1.33 bits per heavy atom. The van der Waals surface area contributed by atoms with Crippen molar-refractivity contribution >= 4 is 15.6 Å². The number of hydrogen-bond donors (Lipinski definition) is 0. The molecule has 1 saturated heterocycles. The zero-order chi connectivity index (χ0) is 13.6. The van der Waals surface area contributed by atoms with Gasteiger partial charge in [0.05, 0.1) is 11.5 Å². The van der Waals surface area contributed by atoms with Crippen LogP contribution in [-0.4, -0.2) is 25.7 Å². The number of carbonyl (C=O) groups is 1. The lowest BCUT2D eigenvalue weighted by Gasteiger charge is -2.14. The summed E-state index contributed by atoms with van der Waals surface area (Å²) in [6.45, 7) is 4.30. The molecular weight excluding hydrogens is 248 g/mol. The highest BCUT2D eigenvalue weighted by atomic mass is 32.2. The van der Waals surface area contributed by atoms with Gasteiger partial charge in [-0.15, -0.1) is 0 Å². The standard InChI is InChI=1S/C14H26O3S/c1-3-5-6-12(4-2)9-14(15)10-13-7-8-18(16,17)11-13/h12-13H,3-11H2,1-2H3. The highest BCUT2D eigenvalue weighted by Gasteiger charge is 2.29. The van der Waals surface area contributed by atoms with Crippen LogP contribution in [0, 0.1) is 11.8 Å². The Labute approximate surface area is 111 Å². The van der Waals surface area contributed by atoms with Crippen molar-refractivity contribution in [1.29, 1.82) is 0 Å². The molecule has 1 heterocycles. The van der Waals surface area contributed by atoms with Crippen LogP contribution in [0.4, 0.5) is 0 Å². The second kappa shape index (κ2) is 7.27. The Morgan fingerprint density at radius 3 is 2.56 bits per heavy atom. The lowest BCUT2D eigenvalue weighted by molar-refractivity contribution is -0.120. The van der Waals surface area contributed by atoms with Crippen LogP contribution in [0.3, 0.4) is 0 Å². The van der Waals surface area contributed by atoms with E-state index in [2.05, 4.69) is 13.8 Å². The van der Waals surface area contributed by atoms with Gasteiger partial charge in [0.1, 0.15) is 5.78 Å². The normalized spacial score (nSPS) is 24.0. The third-order valence-electron chi connectivity index (χ3n) is 3.90. The summed E-state index contributed by atoms with van der Waals surface area (Å²) in [5.41, 5.74) is 0. The van der Waals surface area contributed by atoms with Gasteiger partial charge < -0.3 is 0 Å². The molecule has 106 valence electrons. The molecule has 2 atom stereocenters. The molecule has 0 saturated carbocycles. The minimum absolute atomic E-state index is 0.0891. The van der Waals surface area contributed by atoms with E-state index in [1.807, 2.05) is 0 Å². The molecule has 0 bridgehead atoms. The zero-order valence-electron chi connectivity index (χ0n) is 11.7. The van der Waals surface area contributed by atoms with E-state index >= 15 is 0 Å². The van der Waals surface area contributed by atoms with Crippen LogP contribution < -0.4 is 0 Å². The lowest BCUT2D eigenvalue weighted by Crippen LogP contribution is -2.14. The summed E-state index contributed by atoms with van der Waals surface area (Å²) in [5.74, 6) is 1.35. The molecule has 0 aromatic heterocycles. The van der Waals surface area contributed by atoms with Gasteiger partial charge in [0.15, 0.2) is 9.84 Å². The van der Waals surface area contributed by atoms with Gasteiger partial charge >= 0.3 is 0 Å². The summed E-state index contributed by atoms with van der Waals surface area (Å²) in [4.78, 5) is 11.9. The van der Waals surface area contributed by atoms with Crippen molar-refractivity contribution in [1.82, 2.24) is 0 Å². The molecule has 1 aliphatic rings. The summed E-state index contributed by atoms with van der Waals surface area (Å²) in [5, 5.41) is 0. The molecule has 1 fully saturated rings. The predicted molar refractivity (Wildman–Crippen MR) is 74.3 cm³/mol. The summed E-state index contributed by atoms with van der Waals surface area (Å²) >= 11 is 0. The number of rotatable bonds is 8. The van der Waals surface area contributed by atoms with E-state index in [9.17, 15) is 13.2 Å². The van der Waals surface area contributed by atoms with Crippen LogP contribution in [0.25, 0.3) is 0 Å². The van der Waals surface area contributed by atoms with Crippen LogP contribution in [-0.2, 0) is 14.6 Å². The van der Waals surface area contributed by atoms with Crippen LogP contribution in [0.5, 0.6) is 0 Å². The van der Waals surface area contributed by atoms with E-state index in [-0.39, 0.29) is 23.2 Å². The van der Waals surface area contributed by atoms with Gasteiger partial charge in [0, 0.05) is 12.8 Å². The molecule has 3 nitrogen and oxygen atoms in total. The smallest absolute Gasteiger partial charge is 0.150 e. The molecule has 1 aliphatic heterocycles. The number of carbonyl (C=O) groups excluding carboxylic acids is 1. The van der Waals surface area contributed by atoms with Crippen LogP contribution >= 0.6 is 0 Å². The number of Topliss-reactive ketones (excluding diaryl/α,β-unsaturated/α-hetero) is 1. The first-order valence-electron chi connectivity index (χ1n) is 7.19. The first-order chi connectivity index (χ1) is 8.46. The van der Waals surface area contributed by atoms with E-state index in [0.717, 1.165) is 12.8 Å².